The highest BCUT2D eigenvalue weighted by molar-refractivity contribution is 9.10. The van der Waals surface area contributed by atoms with Gasteiger partial charge in [0.15, 0.2) is 5.82 Å². The van der Waals surface area contributed by atoms with Crippen LogP contribution >= 0.6 is 15.9 Å². The average Bonchev–Trinajstić information content (AvgIpc) is 2.87. The molecule has 1 aromatic heterocycles. The molecule has 27 heavy (non-hydrogen) atoms. The Bertz CT molecular complexity index is 831. The molecule has 1 aromatic carbocycles. The summed E-state index contributed by atoms with van der Waals surface area (Å²) >= 11 is 2.87. The van der Waals surface area contributed by atoms with Gasteiger partial charge in [-0.2, -0.15) is 35.8 Å². The zero-order chi connectivity index (χ0) is 20.6. The minimum absolute atomic E-state index is 0.0749. The maximum atomic E-state index is 13.4. The summed E-state index contributed by atoms with van der Waals surface area (Å²) in [6.07, 6.45) is -5.36. The molecule has 0 radical (unpaired) electrons. The van der Waals surface area contributed by atoms with Crippen LogP contribution in [0.5, 0.6) is 0 Å². The van der Waals surface area contributed by atoms with Crippen molar-refractivity contribution in [2.75, 3.05) is 5.32 Å². The number of rotatable bonds is 5. The van der Waals surface area contributed by atoms with E-state index in [0.717, 1.165) is 11.1 Å². The number of anilines is 1. The zero-order valence-corrected chi connectivity index (χ0v) is 15.0. The van der Waals surface area contributed by atoms with Gasteiger partial charge in [-0.1, -0.05) is 29.8 Å². The SMILES string of the molecule is Cc1ccc(Cn2cc(Br)c(NC(=O)C(F)(F)C(F)(F)C(F)(F)F)n2)cc1. The van der Waals surface area contributed by atoms with Gasteiger partial charge in [0.1, 0.15) is 0 Å². The van der Waals surface area contributed by atoms with Crippen molar-refractivity contribution in [2.24, 2.45) is 0 Å². The number of carbonyl (C=O) groups is 1. The molecule has 2 rings (SSSR count). The number of nitrogens with one attached hydrogen (secondary N) is 1. The number of alkyl halides is 7. The lowest BCUT2D eigenvalue weighted by atomic mass is 10.1. The molecule has 1 heterocycles. The fourth-order valence-electron chi connectivity index (χ4n) is 1.95. The highest BCUT2D eigenvalue weighted by atomic mass is 79.9. The van der Waals surface area contributed by atoms with Crippen LogP contribution in [0.2, 0.25) is 0 Å². The highest BCUT2D eigenvalue weighted by Crippen LogP contribution is 2.47. The molecule has 0 aliphatic heterocycles. The molecule has 0 bridgehead atoms. The highest BCUT2D eigenvalue weighted by Gasteiger charge is 2.76. The number of hydrogen-bond donors (Lipinski definition) is 1. The Kier molecular flexibility index (Phi) is 5.60. The quantitative estimate of drug-likeness (QED) is 0.651. The van der Waals surface area contributed by atoms with Crippen LogP contribution in [-0.4, -0.2) is 33.7 Å². The Morgan fingerprint density at radius 3 is 2.19 bits per heavy atom. The number of halogens is 8. The molecule has 0 saturated carbocycles. The molecule has 0 fully saturated rings. The van der Waals surface area contributed by atoms with Gasteiger partial charge in [-0.15, -0.1) is 0 Å². The Morgan fingerprint density at radius 2 is 1.67 bits per heavy atom. The van der Waals surface area contributed by atoms with Gasteiger partial charge < -0.3 is 5.32 Å². The van der Waals surface area contributed by atoms with E-state index in [2.05, 4.69) is 21.0 Å². The number of amides is 1. The number of benzene rings is 1. The fraction of sp³-hybridized carbons (Fsp3) is 0.333. The van der Waals surface area contributed by atoms with E-state index in [1.54, 1.807) is 24.3 Å². The molecule has 4 nitrogen and oxygen atoms in total. The van der Waals surface area contributed by atoms with E-state index in [-0.39, 0.29) is 11.0 Å². The minimum Gasteiger partial charge on any atom is -0.303 e. The summed E-state index contributed by atoms with van der Waals surface area (Å²) in [5.41, 5.74) is 1.74. The Balaban J connectivity index is 2.19. The third kappa shape index (κ3) is 4.25. The van der Waals surface area contributed by atoms with E-state index >= 15 is 0 Å². The first-order chi connectivity index (χ1) is 12.3. The molecule has 0 aliphatic rings. The van der Waals surface area contributed by atoms with Crippen molar-refractivity contribution in [3.8, 4) is 0 Å². The Labute approximate surface area is 156 Å². The van der Waals surface area contributed by atoms with E-state index in [1.165, 1.54) is 16.2 Å². The van der Waals surface area contributed by atoms with Gasteiger partial charge >= 0.3 is 23.9 Å². The van der Waals surface area contributed by atoms with Gasteiger partial charge in [0, 0.05) is 6.20 Å². The van der Waals surface area contributed by atoms with Crippen LogP contribution in [0.4, 0.5) is 36.6 Å². The summed E-state index contributed by atoms with van der Waals surface area (Å²) in [7, 11) is 0. The molecule has 148 valence electrons. The number of aromatic nitrogens is 2. The van der Waals surface area contributed by atoms with Gasteiger partial charge in [0.2, 0.25) is 0 Å². The smallest absolute Gasteiger partial charge is 0.303 e. The molecule has 1 amide bonds. The molecule has 0 aliphatic carbocycles. The molecule has 0 spiro atoms. The first-order valence-corrected chi connectivity index (χ1v) is 7.97. The number of hydrogen-bond acceptors (Lipinski definition) is 2. The number of carbonyl (C=O) groups excluding carboxylic acids is 1. The first-order valence-electron chi connectivity index (χ1n) is 7.18. The second-order valence-electron chi connectivity index (χ2n) is 5.61. The predicted octanol–water partition coefficient (Wildman–Crippen LogP) is 4.77. The summed E-state index contributed by atoms with van der Waals surface area (Å²) in [4.78, 5) is 11.4. The van der Waals surface area contributed by atoms with Crippen LogP contribution in [0.3, 0.4) is 0 Å². The number of aryl methyl sites for hydroxylation is 1. The summed E-state index contributed by atoms with van der Waals surface area (Å²) < 4.78 is 90.1. The van der Waals surface area contributed by atoms with Crippen molar-refractivity contribution < 1.29 is 35.5 Å². The molecule has 0 unspecified atom stereocenters. The van der Waals surface area contributed by atoms with Crippen LogP contribution in [0.1, 0.15) is 11.1 Å². The summed E-state index contributed by atoms with van der Waals surface area (Å²) in [6.45, 7) is 2.00. The van der Waals surface area contributed by atoms with Gasteiger partial charge in [0.25, 0.3) is 0 Å². The lowest BCUT2D eigenvalue weighted by Gasteiger charge is -2.26. The van der Waals surface area contributed by atoms with Gasteiger partial charge in [-0.05, 0) is 28.4 Å². The largest absolute Gasteiger partial charge is 0.460 e. The number of nitrogens with zero attached hydrogens (tertiary/aromatic N) is 2. The van der Waals surface area contributed by atoms with Crippen molar-refractivity contribution >= 4 is 27.7 Å². The van der Waals surface area contributed by atoms with Crippen molar-refractivity contribution in [3.63, 3.8) is 0 Å². The van der Waals surface area contributed by atoms with Crippen molar-refractivity contribution in [3.05, 3.63) is 46.1 Å². The Hall–Kier alpha value is -2.11. The van der Waals surface area contributed by atoms with Crippen molar-refractivity contribution in [1.82, 2.24) is 9.78 Å². The summed E-state index contributed by atoms with van der Waals surface area (Å²) in [5, 5.41) is 5.00. The second-order valence-corrected chi connectivity index (χ2v) is 6.46. The second kappa shape index (κ2) is 7.13. The third-order valence-electron chi connectivity index (χ3n) is 3.45. The molecular formula is C15H11BrF7N3O. The van der Waals surface area contributed by atoms with Crippen molar-refractivity contribution in [1.29, 1.82) is 0 Å². The van der Waals surface area contributed by atoms with Crippen LogP contribution in [0.25, 0.3) is 0 Å². The van der Waals surface area contributed by atoms with Crippen LogP contribution in [-0.2, 0) is 11.3 Å². The average molecular weight is 462 g/mol. The van der Waals surface area contributed by atoms with E-state index in [0.29, 0.717) is 0 Å². The topological polar surface area (TPSA) is 46.9 Å². The molecule has 1 N–H and O–H groups in total. The standard InChI is InChI=1S/C15H11BrF7N3O/c1-8-2-4-9(5-3-8)6-26-7-10(16)11(25-26)24-12(27)13(17,18)14(19,20)15(21,22)23/h2-5,7H,6H2,1H3,(H,24,25,27). The maximum Gasteiger partial charge on any atom is 0.460 e. The first kappa shape index (κ1) is 21.2. The van der Waals surface area contributed by atoms with Gasteiger partial charge in [-0.25, -0.2) is 0 Å². The summed E-state index contributed by atoms with van der Waals surface area (Å²) in [5.74, 6) is -16.0. The van der Waals surface area contributed by atoms with Crippen LogP contribution in [0, 0.1) is 6.92 Å². The molecule has 0 atom stereocenters. The summed E-state index contributed by atoms with van der Waals surface area (Å²) in [6, 6.07) is 7.11. The monoisotopic (exact) mass is 461 g/mol. The van der Waals surface area contributed by atoms with Gasteiger partial charge in [0.05, 0.1) is 11.0 Å². The van der Waals surface area contributed by atoms with Crippen LogP contribution in [0.15, 0.2) is 34.9 Å². The third-order valence-corrected chi connectivity index (χ3v) is 4.03. The van der Waals surface area contributed by atoms with Crippen molar-refractivity contribution in [2.45, 2.75) is 31.5 Å². The molecular weight excluding hydrogens is 451 g/mol. The molecule has 0 saturated heterocycles. The fourth-order valence-corrected chi connectivity index (χ4v) is 2.36. The zero-order valence-electron chi connectivity index (χ0n) is 13.4. The van der Waals surface area contributed by atoms with E-state index in [4.69, 9.17) is 0 Å². The molecule has 2 aromatic rings. The van der Waals surface area contributed by atoms with E-state index < -0.39 is 29.7 Å². The minimum atomic E-state index is -6.60. The van der Waals surface area contributed by atoms with Gasteiger partial charge in [-0.3, -0.25) is 9.48 Å². The van der Waals surface area contributed by atoms with E-state index in [9.17, 15) is 35.5 Å². The Morgan fingerprint density at radius 1 is 1.11 bits per heavy atom. The lowest BCUT2D eigenvalue weighted by molar-refractivity contribution is -0.343. The van der Waals surface area contributed by atoms with E-state index in [1.807, 2.05) is 6.92 Å². The molecule has 12 heteroatoms. The predicted molar refractivity (Wildman–Crippen MR) is 84.8 cm³/mol. The maximum absolute atomic E-state index is 13.4. The lowest BCUT2D eigenvalue weighted by Crippen LogP contribution is -2.57. The van der Waals surface area contributed by atoms with Crippen LogP contribution < -0.4 is 5.32 Å². The normalized spacial score (nSPS) is 12.9.